The average molecular weight is 410 g/mol. The molecule has 3 aromatic rings. The lowest BCUT2D eigenvalue weighted by molar-refractivity contribution is 0.0534. The number of halogens is 2. The van der Waals surface area contributed by atoms with Gasteiger partial charge < -0.3 is 26.0 Å². The van der Waals surface area contributed by atoms with E-state index in [1.807, 2.05) is 0 Å². The highest BCUT2D eigenvalue weighted by Crippen LogP contribution is 2.30. The highest BCUT2D eigenvalue weighted by atomic mass is 19.1. The second-order valence-electron chi connectivity index (χ2n) is 5.80. The number of rotatable bonds is 7. The van der Waals surface area contributed by atoms with Gasteiger partial charge in [0.2, 0.25) is 5.95 Å². The Morgan fingerprint density at radius 3 is 2.69 bits per heavy atom. The fourth-order valence-corrected chi connectivity index (χ4v) is 2.18. The van der Waals surface area contributed by atoms with Crippen LogP contribution >= 0.6 is 0 Å². The maximum Gasteiger partial charge on any atom is 0.368 e. The number of aryl methyl sites for hydroxylation is 1. The van der Waals surface area contributed by atoms with Crippen molar-refractivity contribution in [3.63, 3.8) is 0 Å². The number of ether oxygens (including phenoxy) is 1. The zero-order valence-corrected chi connectivity index (χ0v) is 15.0. The van der Waals surface area contributed by atoms with Gasteiger partial charge in [0, 0.05) is 13.1 Å². The van der Waals surface area contributed by atoms with Crippen LogP contribution in [0.1, 0.15) is 0 Å². The molecule has 1 aromatic carbocycles. The monoisotopic (exact) mass is 410 g/mol. The minimum absolute atomic E-state index is 0.0211. The number of hydrogen-bond donors (Lipinski definition) is 4. The van der Waals surface area contributed by atoms with Crippen molar-refractivity contribution in [1.29, 1.82) is 0 Å². The first kappa shape index (κ1) is 20.1. The van der Waals surface area contributed by atoms with Crippen molar-refractivity contribution in [3.8, 4) is 11.4 Å². The summed E-state index contributed by atoms with van der Waals surface area (Å²) in [6.07, 6.45) is -0.414. The number of nitrogens with one attached hydrogen (secondary N) is 1. The Kier molecular flexibility index (Phi) is 5.65. The number of aliphatic hydroxyl groups excluding tert-OH is 2. The van der Waals surface area contributed by atoms with Gasteiger partial charge >= 0.3 is 5.69 Å². The van der Waals surface area contributed by atoms with Gasteiger partial charge in [-0.05, 0) is 16.5 Å². The molecule has 0 amide bonds. The quantitative estimate of drug-likeness (QED) is 0.383. The lowest BCUT2D eigenvalue weighted by Gasteiger charge is -2.15. The molecule has 2 heterocycles. The lowest BCUT2D eigenvalue weighted by Crippen LogP contribution is -2.24. The van der Waals surface area contributed by atoms with Crippen molar-refractivity contribution in [2.75, 3.05) is 24.3 Å². The Hall–Kier alpha value is -3.65. The third kappa shape index (κ3) is 4.27. The van der Waals surface area contributed by atoms with E-state index in [-0.39, 0.29) is 29.7 Å². The van der Waals surface area contributed by atoms with Gasteiger partial charge in [0.25, 0.3) is 0 Å². The van der Waals surface area contributed by atoms with Crippen LogP contribution in [0.25, 0.3) is 5.69 Å². The second kappa shape index (κ2) is 8.15. The number of hydrogen-bond acceptors (Lipinski definition) is 10. The first-order valence-electron chi connectivity index (χ1n) is 8.09. The summed E-state index contributed by atoms with van der Waals surface area (Å²) in [5.74, 6) is -2.46. The van der Waals surface area contributed by atoms with Crippen LogP contribution in [0.5, 0.6) is 5.75 Å². The van der Waals surface area contributed by atoms with Crippen molar-refractivity contribution in [1.82, 2.24) is 29.8 Å². The summed E-state index contributed by atoms with van der Waals surface area (Å²) in [5, 5.41) is 28.1. The fraction of sp³-hybridized carbons (Fsp3) is 0.267. The maximum absolute atomic E-state index is 14.6. The van der Waals surface area contributed by atoms with Crippen molar-refractivity contribution in [3.05, 3.63) is 40.4 Å². The minimum Gasteiger partial charge on any atom is -0.488 e. The van der Waals surface area contributed by atoms with Gasteiger partial charge in [-0.1, -0.05) is 0 Å². The van der Waals surface area contributed by atoms with Crippen molar-refractivity contribution in [2.24, 2.45) is 7.05 Å². The molecule has 0 aliphatic heterocycles. The number of aromatic nitrogens is 6. The lowest BCUT2D eigenvalue weighted by atomic mass is 10.2. The number of nitrogens with two attached hydrogens (primary N) is 1. The Bertz CT molecular complexity index is 1090. The van der Waals surface area contributed by atoms with Gasteiger partial charge in [-0.3, -0.25) is 0 Å². The first-order chi connectivity index (χ1) is 13.8. The zero-order valence-electron chi connectivity index (χ0n) is 15.0. The molecule has 0 bridgehead atoms. The highest BCUT2D eigenvalue weighted by Gasteiger charge is 2.19. The number of benzene rings is 1. The average Bonchev–Trinajstić information content (AvgIpc) is 3.03. The molecule has 14 heteroatoms. The Morgan fingerprint density at radius 2 is 2.07 bits per heavy atom. The molecular formula is C15H16F2N8O4. The van der Waals surface area contributed by atoms with Crippen LogP contribution in [-0.2, 0) is 7.05 Å². The number of aliphatic hydroxyl groups is 2. The van der Waals surface area contributed by atoms with E-state index in [0.29, 0.717) is 0 Å². The van der Waals surface area contributed by atoms with Crippen LogP contribution in [0.4, 0.5) is 26.2 Å². The summed E-state index contributed by atoms with van der Waals surface area (Å²) in [4.78, 5) is 19.5. The number of nitrogen functional groups attached to an aromatic ring is 1. The standard InChI is InChI=1S/C15H16F2N8O4/c1-24-15(28)25(23-22-24)11-3-10(20-14-19-4-9(17)13(18)21-14)8(16)2-12(11)29-6-7(27)5-26/h2-4,7,26-27H,5-6H2,1H3,(H3,18,19,20,21)/t7-/m1/s1. The molecule has 2 aromatic heterocycles. The van der Waals surface area contributed by atoms with Crippen LogP contribution in [0.15, 0.2) is 23.1 Å². The highest BCUT2D eigenvalue weighted by molar-refractivity contribution is 5.63. The van der Waals surface area contributed by atoms with Crippen LogP contribution < -0.4 is 21.5 Å². The van der Waals surface area contributed by atoms with E-state index < -0.39 is 35.9 Å². The van der Waals surface area contributed by atoms with E-state index in [2.05, 4.69) is 25.7 Å². The van der Waals surface area contributed by atoms with E-state index in [9.17, 15) is 18.7 Å². The molecule has 0 saturated heterocycles. The predicted molar refractivity (Wildman–Crippen MR) is 94.8 cm³/mol. The Morgan fingerprint density at radius 1 is 1.31 bits per heavy atom. The Balaban J connectivity index is 2.04. The van der Waals surface area contributed by atoms with Gasteiger partial charge in [0.05, 0.1) is 18.5 Å². The van der Waals surface area contributed by atoms with Gasteiger partial charge in [-0.15, -0.1) is 0 Å². The molecular weight excluding hydrogens is 394 g/mol. The van der Waals surface area contributed by atoms with E-state index in [0.717, 1.165) is 27.7 Å². The van der Waals surface area contributed by atoms with E-state index in [4.69, 9.17) is 15.6 Å². The summed E-state index contributed by atoms with van der Waals surface area (Å²) in [7, 11) is 1.36. The fourth-order valence-electron chi connectivity index (χ4n) is 2.18. The summed E-state index contributed by atoms with van der Waals surface area (Å²) < 4.78 is 34.9. The Labute approximate surface area is 161 Å². The molecule has 0 aliphatic rings. The van der Waals surface area contributed by atoms with Gasteiger partial charge in [0.1, 0.15) is 24.1 Å². The van der Waals surface area contributed by atoms with Gasteiger partial charge in [0.15, 0.2) is 17.5 Å². The summed E-state index contributed by atoms with van der Waals surface area (Å²) in [6.45, 7) is -0.950. The molecule has 12 nitrogen and oxygen atoms in total. The van der Waals surface area contributed by atoms with Gasteiger partial charge in [-0.25, -0.2) is 18.6 Å². The van der Waals surface area contributed by atoms with Crippen LogP contribution in [0.3, 0.4) is 0 Å². The van der Waals surface area contributed by atoms with Crippen molar-refractivity contribution < 1.29 is 23.7 Å². The molecule has 1 atom stereocenters. The molecule has 0 saturated carbocycles. The van der Waals surface area contributed by atoms with Crippen LogP contribution in [0.2, 0.25) is 0 Å². The summed E-state index contributed by atoms with van der Waals surface area (Å²) in [6, 6.07) is 2.09. The molecule has 0 fully saturated rings. The smallest absolute Gasteiger partial charge is 0.368 e. The van der Waals surface area contributed by atoms with Crippen molar-refractivity contribution in [2.45, 2.75) is 6.10 Å². The summed E-state index contributed by atoms with van der Waals surface area (Å²) in [5.41, 5.74) is 4.50. The van der Waals surface area contributed by atoms with E-state index in [1.165, 1.54) is 7.05 Å². The molecule has 0 unspecified atom stereocenters. The molecule has 0 aliphatic carbocycles. The minimum atomic E-state index is -1.22. The first-order valence-corrected chi connectivity index (χ1v) is 8.09. The van der Waals surface area contributed by atoms with Crippen LogP contribution in [0, 0.1) is 11.6 Å². The molecule has 154 valence electrons. The molecule has 5 N–H and O–H groups in total. The second-order valence-corrected chi connectivity index (χ2v) is 5.80. The molecule has 29 heavy (non-hydrogen) atoms. The van der Waals surface area contributed by atoms with Crippen molar-refractivity contribution >= 4 is 17.5 Å². The number of tetrazole rings is 1. The third-order valence-electron chi connectivity index (χ3n) is 3.66. The van der Waals surface area contributed by atoms with Crippen LogP contribution in [-0.4, -0.2) is 59.3 Å². The van der Waals surface area contributed by atoms with E-state index in [1.54, 1.807) is 0 Å². The topological polar surface area (TPSA) is 166 Å². The third-order valence-corrected chi connectivity index (χ3v) is 3.66. The van der Waals surface area contributed by atoms with E-state index >= 15 is 0 Å². The zero-order chi connectivity index (χ0) is 21.1. The molecule has 0 radical (unpaired) electrons. The SMILES string of the molecule is Cn1nnn(-c2cc(Nc3ncc(F)c(N)n3)c(F)cc2OC[C@H](O)CO)c1=O. The summed E-state index contributed by atoms with van der Waals surface area (Å²) >= 11 is 0. The predicted octanol–water partition coefficient (Wildman–Crippen LogP) is -0.908. The number of anilines is 3. The maximum atomic E-state index is 14.6. The molecule has 3 rings (SSSR count). The number of nitrogens with zero attached hydrogens (tertiary/aromatic N) is 6. The normalized spacial score (nSPS) is 12.0. The van der Waals surface area contributed by atoms with Gasteiger partial charge in [-0.2, -0.15) is 14.3 Å². The largest absolute Gasteiger partial charge is 0.488 e. The molecule has 0 spiro atoms.